The lowest BCUT2D eigenvalue weighted by atomic mass is 10.0. The Morgan fingerprint density at radius 2 is 1.92 bits per heavy atom. The van der Waals surface area contributed by atoms with Crippen LogP contribution in [0.5, 0.6) is 0 Å². The minimum Gasteiger partial charge on any atom is -0.379 e. The first-order valence-electron chi connectivity index (χ1n) is 8.63. The first-order chi connectivity index (χ1) is 12.3. The number of anilines is 1. The van der Waals surface area contributed by atoms with Crippen molar-refractivity contribution in [1.29, 1.82) is 0 Å². The summed E-state index contributed by atoms with van der Waals surface area (Å²) in [5.74, 6) is -0.422. The monoisotopic (exact) mass is 372 g/mol. The van der Waals surface area contributed by atoms with E-state index in [-0.39, 0.29) is 11.8 Å². The molecule has 1 fully saturated rings. The zero-order valence-electron chi connectivity index (χ0n) is 15.0. The molecule has 7 nitrogen and oxygen atoms in total. The van der Waals surface area contributed by atoms with E-state index in [1.54, 1.807) is 13.0 Å². The van der Waals surface area contributed by atoms with Gasteiger partial charge in [-0.15, -0.1) is 5.10 Å². The highest BCUT2D eigenvalue weighted by atomic mass is 19.4. The van der Waals surface area contributed by atoms with Gasteiger partial charge in [0, 0.05) is 37.4 Å². The van der Waals surface area contributed by atoms with Crippen LogP contribution in [0.3, 0.4) is 0 Å². The number of rotatable bonds is 5. The second-order valence-corrected chi connectivity index (χ2v) is 6.77. The van der Waals surface area contributed by atoms with Crippen molar-refractivity contribution in [2.75, 3.05) is 38.2 Å². The zero-order valence-corrected chi connectivity index (χ0v) is 15.0. The van der Waals surface area contributed by atoms with Crippen LogP contribution >= 0.6 is 0 Å². The number of morpholine rings is 1. The predicted molar refractivity (Wildman–Crippen MR) is 90.0 cm³/mol. The lowest BCUT2D eigenvalue weighted by Crippen LogP contribution is -2.49. The molecular formula is C16H23F3N6O. The van der Waals surface area contributed by atoms with Crippen molar-refractivity contribution in [2.45, 2.75) is 33.0 Å². The lowest BCUT2D eigenvalue weighted by Gasteiger charge is -2.37. The van der Waals surface area contributed by atoms with Gasteiger partial charge in [0.2, 0.25) is 0 Å². The van der Waals surface area contributed by atoms with E-state index < -0.39 is 12.0 Å². The maximum absolute atomic E-state index is 12.9. The third kappa shape index (κ3) is 4.07. The quantitative estimate of drug-likeness (QED) is 0.868. The van der Waals surface area contributed by atoms with Crippen LogP contribution in [0, 0.1) is 12.8 Å². The van der Waals surface area contributed by atoms with E-state index in [1.807, 2.05) is 0 Å². The standard InChI is InChI=1S/C16H23F3N6O/c1-10(2)12(24-4-6-26-7-5-24)9-20-13-8-11(3)21-15-22-14(16(17,18)19)23-25(13)15/h8,10,12,20H,4-7,9H2,1-3H3. The van der Waals surface area contributed by atoms with E-state index in [2.05, 4.69) is 39.1 Å². The van der Waals surface area contributed by atoms with E-state index in [1.165, 1.54) is 0 Å². The molecule has 1 saturated heterocycles. The largest absolute Gasteiger partial charge is 0.453 e. The molecule has 0 aromatic carbocycles. The van der Waals surface area contributed by atoms with Gasteiger partial charge in [-0.2, -0.15) is 22.7 Å². The van der Waals surface area contributed by atoms with Crippen molar-refractivity contribution in [3.05, 3.63) is 17.6 Å². The van der Waals surface area contributed by atoms with Gasteiger partial charge in [-0.05, 0) is 12.8 Å². The summed E-state index contributed by atoms with van der Waals surface area (Å²) in [6, 6.07) is 1.91. The summed E-state index contributed by atoms with van der Waals surface area (Å²) in [4.78, 5) is 9.89. The topological polar surface area (TPSA) is 67.6 Å². The molecule has 1 unspecified atom stereocenters. The van der Waals surface area contributed by atoms with Crippen LogP contribution in [0.2, 0.25) is 0 Å². The number of aromatic nitrogens is 4. The van der Waals surface area contributed by atoms with E-state index >= 15 is 0 Å². The molecule has 2 aromatic rings. The molecule has 3 heterocycles. The van der Waals surface area contributed by atoms with Gasteiger partial charge in [0.1, 0.15) is 5.82 Å². The number of hydrogen-bond acceptors (Lipinski definition) is 6. The number of aryl methyl sites for hydroxylation is 1. The molecule has 1 atom stereocenters. The maximum Gasteiger partial charge on any atom is 0.453 e. The molecule has 0 bridgehead atoms. The molecule has 1 aliphatic heterocycles. The van der Waals surface area contributed by atoms with Crippen molar-refractivity contribution in [3.63, 3.8) is 0 Å². The van der Waals surface area contributed by atoms with Crippen molar-refractivity contribution >= 4 is 11.6 Å². The molecule has 144 valence electrons. The minimum atomic E-state index is -4.60. The van der Waals surface area contributed by atoms with Crippen molar-refractivity contribution in [3.8, 4) is 0 Å². The summed E-state index contributed by atoms with van der Waals surface area (Å²) < 4.78 is 45.3. The van der Waals surface area contributed by atoms with Crippen LogP contribution in [0.15, 0.2) is 6.07 Å². The molecule has 3 rings (SSSR count). The molecule has 0 spiro atoms. The number of alkyl halides is 3. The Morgan fingerprint density at radius 3 is 2.54 bits per heavy atom. The Balaban J connectivity index is 1.83. The number of ether oxygens (including phenoxy) is 1. The number of fused-ring (bicyclic) bond motifs is 1. The van der Waals surface area contributed by atoms with E-state index in [0.717, 1.165) is 17.6 Å². The van der Waals surface area contributed by atoms with Crippen LogP contribution in [0.25, 0.3) is 5.78 Å². The number of hydrogen-bond donors (Lipinski definition) is 1. The SMILES string of the molecule is Cc1cc(NCC(C(C)C)N2CCOCC2)n2nc(C(F)(F)F)nc2n1. The van der Waals surface area contributed by atoms with Gasteiger partial charge in [0.05, 0.1) is 13.2 Å². The Kier molecular flexibility index (Phi) is 5.33. The number of halogens is 3. The Hall–Kier alpha value is -1.94. The van der Waals surface area contributed by atoms with Crippen LogP contribution < -0.4 is 5.32 Å². The third-order valence-corrected chi connectivity index (χ3v) is 4.47. The molecule has 0 saturated carbocycles. The van der Waals surface area contributed by atoms with Gasteiger partial charge in [-0.1, -0.05) is 13.8 Å². The fourth-order valence-electron chi connectivity index (χ4n) is 3.14. The minimum absolute atomic E-state index is 0.0627. The fourth-order valence-corrected chi connectivity index (χ4v) is 3.14. The van der Waals surface area contributed by atoms with Crippen molar-refractivity contribution in [1.82, 2.24) is 24.5 Å². The first kappa shape index (κ1) is 18.8. The zero-order chi connectivity index (χ0) is 18.9. The average Bonchev–Trinajstić information content (AvgIpc) is 3.00. The van der Waals surface area contributed by atoms with Crippen LogP contribution in [0.4, 0.5) is 19.0 Å². The van der Waals surface area contributed by atoms with Gasteiger partial charge < -0.3 is 10.1 Å². The Morgan fingerprint density at radius 1 is 1.23 bits per heavy atom. The summed E-state index contributed by atoms with van der Waals surface area (Å²) in [5.41, 5.74) is 0.577. The molecule has 26 heavy (non-hydrogen) atoms. The predicted octanol–water partition coefficient (Wildman–Crippen LogP) is 2.22. The van der Waals surface area contributed by atoms with Gasteiger partial charge in [0.25, 0.3) is 11.6 Å². The maximum atomic E-state index is 12.9. The smallest absolute Gasteiger partial charge is 0.379 e. The number of nitrogens with one attached hydrogen (secondary N) is 1. The van der Waals surface area contributed by atoms with E-state index in [9.17, 15) is 13.2 Å². The van der Waals surface area contributed by atoms with Crippen LogP contribution in [-0.2, 0) is 10.9 Å². The first-order valence-corrected chi connectivity index (χ1v) is 8.63. The Bertz CT molecular complexity index is 754. The average molecular weight is 372 g/mol. The van der Waals surface area contributed by atoms with Gasteiger partial charge in [-0.3, -0.25) is 4.90 Å². The van der Waals surface area contributed by atoms with E-state index in [4.69, 9.17) is 4.74 Å². The highest BCUT2D eigenvalue weighted by Crippen LogP contribution is 2.27. The summed E-state index contributed by atoms with van der Waals surface area (Å²) in [6.07, 6.45) is -4.60. The summed E-state index contributed by atoms with van der Waals surface area (Å²) in [6.45, 7) is 9.64. The Labute approximate surface area is 149 Å². The second kappa shape index (κ2) is 7.36. The normalized spacial score (nSPS) is 17.8. The molecule has 0 aliphatic carbocycles. The van der Waals surface area contributed by atoms with Gasteiger partial charge in [0.15, 0.2) is 0 Å². The second-order valence-electron chi connectivity index (χ2n) is 6.77. The van der Waals surface area contributed by atoms with Crippen LogP contribution in [0.1, 0.15) is 25.4 Å². The van der Waals surface area contributed by atoms with E-state index in [0.29, 0.717) is 37.2 Å². The summed E-state index contributed by atoms with van der Waals surface area (Å²) >= 11 is 0. The molecule has 0 radical (unpaired) electrons. The molecule has 1 N–H and O–H groups in total. The number of nitrogens with zero attached hydrogens (tertiary/aromatic N) is 5. The summed E-state index contributed by atoms with van der Waals surface area (Å²) in [7, 11) is 0. The molecular weight excluding hydrogens is 349 g/mol. The van der Waals surface area contributed by atoms with Gasteiger partial charge >= 0.3 is 6.18 Å². The lowest BCUT2D eigenvalue weighted by molar-refractivity contribution is -0.144. The highest BCUT2D eigenvalue weighted by molar-refractivity contribution is 5.45. The molecule has 1 aliphatic rings. The van der Waals surface area contributed by atoms with Crippen molar-refractivity contribution in [2.24, 2.45) is 5.92 Å². The van der Waals surface area contributed by atoms with Crippen molar-refractivity contribution < 1.29 is 17.9 Å². The van der Waals surface area contributed by atoms with Gasteiger partial charge in [-0.25, -0.2) is 4.98 Å². The summed E-state index contributed by atoms with van der Waals surface area (Å²) in [5, 5.41) is 6.82. The molecule has 2 aromatic heterocycles. The third-order valence-electron chi connectivity index (χ3n) is 4.47. The fraction of sp³-hybridized carbons (Fsp3) is 0.688. The van der Waals surface area contributed by atoms with Crippen LogP contribution in [-0.4, -0.2) is 63.4 Å². The molecule has 10 heteroatoms. The molecule has 0 amide bonds. The highest BCUT2D eigenvalue weighted by Gasteiger charge is 2.37.